The number of rotatable bonds is 4. The maximum absolute atomic E-state index is 6.01. The molecule has 0 saturated carbocycles. The Morgan fingerprint density at radius 3 is 2.62 bits per heavy atom. The van der Waals surface area contributed by atoms with Crippen LogP contribution in [-0.4, -0.2) is 26.2 Å². The second kappa shape index (κ2) is 5.76. The van der Waals surface area contributed by atoms with Gasteiger partial charge in [0.25, 0.3) is 0 Å². The maximum atomic E-state index is 6.01. The van der Waals surface area contributed by atoms with Gasteiger partial charge in [0, 0.05) is 17.9 Å². The Bertz CT molecular complexity index is 351. The van der Waals surface area contributed by atoms with Crippen LogP contribution in [0, 0.1) is 0 Å². The minimum atomic E-state index is 0.587. The molecule has 2 rings (SSSR count). The first kappa shape index (κ1) is 12.0. The molecule has 1 aliphatic heterocycles. The Balaban J connectivity index is 1.80. The van der Waals surface area contributed by atoms with E-state index in [9.17, 15) is 0 Å². The minimum absolute atomic E-state index is 0.587. The van der Waals surface area contributed by atoms with E-state index in [0.717, 1.165) is 18.9 Å². The third kappa shape index (κ3) is 3.27. The molecule has 0 radical (unpaired) electrons. The van der Waals surface area contributed by atoms with Gasteiger partial charge >= 0.3 is 0 Å². The summed E-state index contributed by atoms with van der Waals surface area (Å²) < 4.78 is 5.64. The van der Waals surface area contributed by atoms with E-state index in [0.29, 0.717) is 10.0 Å². The highest BCUT2D eigenvalue weighted by Crippen LogP contribution is 2.27. The second-order valence-corrected chi connectivity index (χ2v) is 4.97. The number of halogens is 2. The van der Waals surface area contributed by atoms with Crippen molar-refractivity contribution in [2.24, 2.45) is 0 Å². The number of hydrogen-bond donors (Lipinski definition) is 1. The van der Waals surface area contributed by atoms with Crippen molar-refractivity contribution in [2.75, 3.05) is 26.2 Å². The van der Waals surface area contributed by atoms with Gasteiger partial charge in [-0.05, 0) is 18.2 Å². The molecular formula is C12H16Cl2NO+. The quantitative estimate of drug-likeness (QED) is 0.875. The summed E-state index contributed by atoms with van der Waals surface area (Å²) in [5, 5.41) is 1.23. The summed E-state index contributed by atoms with van der Waals surface area (Å²) in [4.78, 5) is 1.63. The van der Waals surface area contributed by atoms with Crippen LogP contribution >= 0.6 is 23.2 Å². The van der Waals surface area contributed by atoms with Crippen LogP contribution in [0.5, 0.6) is 5.75 Å². The highest BCUT2D eigenvalue weighted by molar-refractivity contribution is 6.35. The first-order chi connectivity index (χ1) is 7.75. The smallest absolute Gasteiger partial charge is 0.138 e. The maximum Gasteiger partial charge on any atom is 0.138 e. The van der Waals surface area contributed by atoms with Crippen LogP contribution in [0.3, 0.4) is 0 Å². The molecule has 0 spiro atoms. The molecule has 1 fully saturated rings. The third-order valence-electron chi connectivity index (χ3n) is 2.92. The Morgan fingerprint density at radius 1 is 1.19 bits per heavy atom. The first-order valence-corrected chi connectivity index (χ1v) is 6.43. The number of hydrogen-bond acceptors (Lipinski definition) is 1. The molecule has 16 heavy (non-hydrogen) atoms. The van der Waals surface area contributed by atoms with E-state index < -0.39 is 0 Å². The van der Waals surface area contributed by atoms with Crippen molar-refractivity contribution >= 4 is 23.2 Å². The molecule has 1 aliphatic rings. The third-order valence-corrected chi connectivity index (χ3v) is 3.45. The van der Waals surface area contributed by atoms with Crippen molar-refractivity contribution in [3.8, 4) is 5.75 Å². The van der Waals surface area contributed by atoms with E-state index in [-0.39, 0.29) is 0 Å². The molecule has 1 heterocycles. The molecule has 1 aromatic carbocycles. The Labute approximate surface area is 106 Å². The molecule has 0 amide bonds. The standard InChI is InChI=1S/C12H15Cl2NO/c13-10-3-4-12(11(14)9-10)16-8-7-15-5-1-2-6-15/h3-4,9H,1-2,5-8H2/p+1. The van der Waals surface area contributed by atoms with Crippen molar-refractivity contribution in [2.45, 2.75) is 12.8 Å². The molecule has 1 aromatic rings. The Morgan fingerprint density at radius 2 is 1.94 bits per heavy atom. The molecule has 2 nitrogen and oxygen atoms in total. The Hall–Kier alpha value is -0.440. The summed E-state index contributed by atoms with van der Waals surface area (Å²) in [6.07, 6.45) is 2.69. The lowest BCUT2D eigenvalue weighted by atomic mass is 10.3. The van der Waals surface area contributed by atoms with Gasteiger partial charge in [0.05, 0.1) is 18.1 Å². The number of nitrogens with one attached hydrogen (secondary N) is 1. The van der Waals surface area contributed by atoms with Gasteiger partial charge in [-0.3, -0.25) is 0 Å². The molecule has 0 unspecified atom stereocenters. The highest BCUT2D eigenvalue weighted by atomic mass is 35.5. The van der Waals surface area contributed by atoms with Gasteiger partial charge in [-0.15, -0.1) is 0 Å². The van der Waals surface area contributed by atoms with E-state index in [1.54, 1.807) is 17.0 Å². The van der Waals surface area contributed by atoms with E-state index in [4.69, 9.17) is 27.9 Å². The van der Waals surface area contributed by atoms with E-state index >= 15 is 0 Å². The summed E-state index contributed by atoms with van der Waals surface area (Å²) in [7, 11) is 0. The van der Waals surface area contributed by atoms with Crippen molar-refractivity contribution in [1.29, 1.82) is 0 Å². The predicted octanol–water partition coefficient (Wildman–Crippen LogP) is 2.05. The zero-order valence-corrected chi connectivity index (χ0v) is 10.7. The largest absolute Gasteiger partial charge is 0.486 e. The van der Waals surface area contributed by atoms with Crippen LogP contribution < -0.4 is 9.64 Å². The summed E-state index contributed by atoms with van der Waals surface area (Å²) in [5.74, 6) is 0.727. The number of likely N-dealkylation sites (tertiary alicyclic amines) is 1. The molecule has 0 atom stereocenters. The van der Waals surface area contributed by atoms with Crippen molar-refractivity contribution in [1.82, 2.24) is 0 Å². The molecule has 1 saturated heterocycles. The number of ether oxygens (including phenoxy) is 1. The number of benzene rings is 1. The van der Waals surface area contributed by atoms with Gasteiger partial charge in [-0.1, -0.05) is 23.2 Å². The topological polar surface area (TPSA) is 13.7 Å². The van der Waals surface area contributed by atoms with Crippen LogP contribution in [0.2, 0.25) is 10.0 Å². The van der Waals surface area contributed by atoms with Crippen molar-refractivity contribution in [3.05, 3.63) is 28.2 Å². The molecule has 0 aromatic heterocycles. The first-order valence-electron chi connectivity index (χ1n) is 5.67. The zero-order chi connectivity index (χ0) is 11.4. The van der Waals surface area contributed by atoms with Crippen LogP contribution in [0.4, 0.5) is 0 Å². The van der Waals surface area contributed by atoms with Gasteiger partial charge in [0.1, 0.15) is 18.9 Å². The fourth-order valence-electron chi connectivity index (χ4n) is 2.02. The molecule has 1 N–H and O–H groups in total. The van der Waals surface area contributed by atoms with Gasteiger partial charge in [0.15, 0.2) is 0 Å². The van der Waals surface area contributed by atoms with E-state index in [1.807, 2.05) is 6.07 Å². The van der Waals surface area contributed by atoms with Crippen LogP contribution in [0.25, 0.3) is 0 Å². The number of quaternary nitrogens is 1. The second-order valence-electron chi connectivity index (χ2n) is 4.13. The summed E-state index contributed by atoms with van der Waals surface area (Å²) in [6.45, 7) is 4.32. The fraction of sp³-hybridized carbons (Fsp3) is 0.500. The van der Waals surface area contributed by atoms with E-state index in [2.05, 4.69) is 0 Å². The van der Waals surface area contributed by atoms with Crippen molar-refractivity contribution < 1.29 is 9.64 Å². The lowest BCUT2D eigenvalue weighted by Crippen LogP contribution is -3.10. The van der Waals surface area contributed by atoms with Crippen LogP contribution in [0.1, 0.15) is 12.8 Å². The summed E-state index contributed by atoms with van der Waals surface area (Å²) in [5.41, 5.74) is 0. The molecular weight excluding hydrogens is 245 g/mol. The zero-order valence-electron chi connectivity index (χ0n) is 9.14. The van der Waals surface area contributed by atoms with Crippen molar-refractivity contribution in [3.63, 3.8) is 0 Å². The minimum Gasteiger partial charge on any atom is -0.486 e. The lowest BCUT2D eigenvalue weighted by Gasteiger charge is -2.13. The van der Waals surface area contributed by atoms with Crippen LogP contribution in [-0.2, 0) is 0 Å². The summed E-state index contributed by atoms with van der Waals surface area (Å²) >= 11 is 11.8. The summed E-state index contributed by atoms with van der Waals surface area (Å²) in [6, 6.07) is 5.33. The monoisotopic (exact) mass is 260 g/mol. The van der Waals surface area contributed by atoms with Crippen LogP contribution in [0.15, 0.2) is 18.2 Å². The average molecular weight is 261 g/mol. The lowest BCUT2D eigenvalue weighted by molar-refractivity contribution is -0.887. The fourth-order valence-corrected chi connectivity index (χ4v) is 2.49. The highest BCUT2D eigenvalue weighted by Gasteiger charge is 2.14. The molecule has 4 heteroatoms. The van der Waals surface area contributed by atoms with Gasteiger partial charge in [-0.2, -0.15) is 0 Å². The molecule has 0 bridgehead atoms. The van der Waals surface area contributed by atoms with Gasteiger partial charge in [0.2, 0.25) is 0 Å². The predicted molar refractivity (Wildman–Crippen MR) is 66.8 cm³/mol. The SMILES string of the molecule is Clc1ccc(OCC[NH+]2CCCC2)c(Cl)c1. The average Bonchev–Trinajstić information content (AvgIpc) is 2.74. The van der Waals surface area contributed by atoms with E-state index in [1.165, 1.54) is 25.9 Å². The molecule has 0 aliphatic carbocycles. The Kier molecular flexibility index (Phi) is 4.33. The van der Waals surface area contributed by atoms with Gasteiger partial charge in [-0.25, -0.2) is 0 Å². The normalized spacial score (nSPS) is 16.6. The van der Waals surface area contributed by atoms with Gasteiger partial charge < -0.3 is 9.64 Å². The molecule has 88 valence electrons.